The van der Waals surface area contributed by atoms with Crippen molar-refractivity contribution in [3.8, 4) is 0 Å². The third-order valence-corrected chi connectivity index (χ3v) is 5.49. The highest BCUT2D eigenvalue weighted by atomic mass is 32.2. The molecule has 0 saturated heterocycles. The van der Waals surface area contributed by atoms with Crippen molar-refractivity contribution in [2.24, 2.45) is 0 Å². The van der Waals surface area contributed by atoms with Gasteiger partial charge in [0.25, 0.3) is 0 Å². The second kappa shape index (κ2) is 7.73. The number of nitrogens with one attached hydrogen (secondary N) is 1. The molecule has 1 heterocycles. The number of amides is 1. The van der Waals surface area contributed by atoms with Gasteiger partial charge in [0, 0.05) is 20.1 Å². The van der Waals surface area contributed by atoms with Crippen LogP contribution in [0.15, 0.2) is 4.90 Å². The number of aromatic amines is 1. The minimum absolute atomic E-state index is 0.153. The van der Waals surface area contributed by atoms with Gasteiger partial charge in [-0.2, -0.15) is 9.40 Å². The van der Waals surface area contributed by atoms with Gasteiger partial charge >= 0.3 is 0 Å². The SMILES string of the molecule is CCCN(CCC)C(=O)CN(C)S(=O)(=O)c1c(C)n[nH]c1C. The van der Waals surface area contributed by atoms with Crippen molar-refractivity contribution in [2.45, 2.75) is 45.4 Å². The van der Waals surface area contributed by atoms with E-state index in [0.717, 1.165) is 17.1 Å². The number of aromatic nitrogens is 2. The molecule has 0 aliphatic carbocycles. The minimum Gasteiger partial charge on any atom is -0.342 e. The van der Waals surface area contributed by atoms with E-state index < -0.39 is 10.0 Å². The molecule has 0 saturated carbocycles. The fraction of sp³-hybridized carbons (Fsp3) is 0.714. The average Bonchev–Trinajstić information content (AvgIpc) is 2.78. The van der Waals surface area contributed by atoms with Crippen LogP contribution in [0.2, 0.25) is 0 Å². The molecule has 0 spiro atoms. The zero-order valence-electron chi connectivity index (χ0n) is 14.0. The highest BCUT2D eigenvalue weighted by Gasteiger charge is 2.29. The second-order valence-corrected chi connectivity index (χ2v) is 7.39. The lowest BCUT2D eigenvalue weighted by molar-refractivity contribution is -0.131. The summed E-state index contributed by atoms with van der Waals surface area (Å²) in [5.41, 5.74) is 0.895. The van der Waals surface area contributed by atoms with E-state index in [1.54, 1.807) is 18.7 Å². The van der Waals surface area contributed by atoms with Crippen LogP contribution in [-0.2, 0) is 14.8 Å². The second-order valence-electron chi connectivity index (χ2n) is 5.41. The first-order valence-corrected chi connectivity index (χ1v) is 8.95. The Bertz CT molecular complexity index is 584. The monoisotopic (exact) mass is 330 g/mol. The maximum absolute atomic E-state index is 12.6. The number of rotatable bonds is 8. The summed E-state index contributed by atoms with van der Waals surface area (Å²) in [5, 5.41) is 6.58. The number of hydrogen-bond acceptors (Lipinski definition) is 4. The van der Waals surface area contributed by atoms with Crippen molar-refractivity contribution in [2.75, 3.05) is 26.7 Å². The number of H-pyrrole nitrogens is 1. The van der Waals surface area contributed by atoms with Gasteiger partial charge in [-0.05, 0) is 26.7 Å². The fourth-order valence-corrected chi connectivity index (χ4v) is 3.80. The van der Waals surface area contributed by atoms with Gasteiger partial charge < -0.3 is 4.90 Å². The van der Waals surface area contributed by atoms with Gasteiger partial charge in [-0.25, -0.2) is 8.42 Å². The van der Waals surface area contributed by atoms with Gasteiger partial charge in [-0.15, -0.1) is 0 Å². The maximum Gasteiger partial charge on any atom is 0.246 e. The number of carbonyl (C=O) groups excluding carboxylic acids is 1. The molecule has 0 radical (unpaired) electrons. The Hall–Kier alpha value is -1.41. The normalized spacial score (nSPS) is 11.9. The smallest absolute Gasteiger partial charge is 0.246 e. The van der Waals surface area contributed by atoms with E-state index in [0.29, 0.717) is 24.5 Å². The van der Waals surface area contributed by atoms with Crippen LogP contribution in [0.4, 0.5) is 0 Å². The summed E-state index contributed by atoms with van der Waals surface area (Å²) >= 11 is 0. The van der Waals surface area contributed by atoms with Crippen molar-refractivity contribution in [3.63, 3.8) is 0 Å². The van der Waals surface area contributed by atoms with E-state index in [9.17, 15) is 13.2 Å². The molecule has 0 fully saturated rings. The van der Waals surface area contributed by atoms with Crippen molar-refractivity contribution in [3.05, 3.63) is 11.4 Å². The number of likely N-dealkylation sites (N-methyl/N-ethyl adjacent to an activating group) is 1. The first-order valence-electron chi connectivity index (χ1n) is 7.51. The zero-order chi connectivity index (χ0) is 16.9. The van der Waals surface area contributed by atoms with Crippen LogP contribution in [0.3, 0.4) is 0 Å². The molecule has 0 atom stereocenters. The molecule has 1 N–H and O–H groups in total. The third-order valence-electron chi connectivity index (χ3n) is 3.43. The van der Waals surface area contributed by atoms with Crippen molar-refractivity contribution >= 4 is 15.9 Å². The summed E-state index contributed by atoms with van der Waals surface area (Å²) in [6.45, 7) is 8.40. The predicted octanol–water partition coefficient (Wildman–Crippen LogP) is 1.30. The van der Waals surface area contributed by atoms with Crippen molar-refractivity contribution < 1.29 is 13.2 Å². The Morgan fingerprint density at radius 1 is 1.18 bits per heavy atom. The Morgan fingerprint density at radius 3 is 2.14 bits per heavy atom. The van der Waals surface area contributed by atoms with Crippen LogP contribution in [-0.4, -0.2) is 60.4 Å². The Morgan fingerprint density at radius 2 is 1.73 bits per heavy atom. The Balaban J connectivity index is 2.91. The largest absolute Gasteiger partial charge is 0.342 e. The van der Waals surface area contributed by atoms with Gasteiger partial charge in [0.1, 0.15) is 4.90 Å². The van der Waals surface area contributed by atoms with Crippen LogP contribution in [0.1, 0.15) is 38.1 Å². The molecule has 0 aliphatic rings. The topological polar surface area (TPSA) is 86.4 Å². The summed E-state index contributed by atoms with van der Waals surface area (Å²) in [5.74, 6) is -0.173. The maximum atomic E-state index is 12.6. The van der Waals surface area contributed by atoms with Gasteiger partial charge in [0.15, 0.2) is 0 Å². The standard InChI is InChI=1S/C14H26N4O3S/c1-6-8-18(9-7-2)13(19)10-17(5)22(20,21)14-11(3)15-16-12(14)4/h6-10H2,1-5H3,(H,15,16). The van der Waals surface area contributed by atoms with E-state index in [-0.39, 0.29) is 17.3 Å². The molecular weight excluding hydrogens is 304 g/mol. The van der Waals surface area contributed by atoms with Gasteiger partial charge in [0.05, 0.1) is 17.9 Å². The summed E-state index contributed by atoms with van der Waals surface area (Å²) < 4.78 is 26.3. The van der Waals surface area contributed by atoms with Gasteiger partial charge in [-0.1, -0.05) is 13.8 Å². The van der Waals surface area contributed by atoms with E-state index in [4.69, 9.17) is 0 Å². The number of aryl methyl sites for hydroxylation is 2. The Kier molecular flexibility index (Phi) is 6.55. The first kappa shape index (κ1) is 18.6. The average molecular weight is 330 g/mol. The molecular formula is C14H26N4O3S. The molecule has 1 aromatic rings. The predicted molar refractivity (Wildman–Crippen MR) is 85.0 cm³/mol. The number of sulfonamides is 1. The van der Waals surface area contributed by atoms with E-state index in [1.807, 2.05) is 13.8 Å². The van der Waals surface area contributed by atoms with E-state index in [1.165, 1.54) is 7.05 Å². The van der Waals surface area contributed by atoms with Gasteiger partial charge in [0.2, 0.25) is 15.9 Å². The summed E-state index contributed by atoms with van der Waals surface area (Å²) in [7, 11) is -2.30. The molecule has 1 amide bonds. The highest BCUT2D eigenvalue weighted by Crippen LogP contribution is 2.20. The van der Waals surface area contributed by atoms with E-state index >= 15 is 0 Å². The van der Waals surface area contributed by atoms with Crippen molar-refractivity contribution in [1.29, 1.82) is 0 Å². The molecule has 1 aromatic heterocycles. The quantitative estimate of drug-likeness (QED) is 0.778. The number of hydrogen-bond donors (Lipinski definition) is 1. The molecule has 22 heavy (non-hydrogen) atoms. The lowest BCUT2D eigenvalue weighted by Crippen LogP contribution is -2.42. The third kappa shape index (κ3) is 4.07. The minimum atomic E-state index is -3.72. The lowest BCUT2D eigenvalue weighted by Gasteiger charge is -2.24. The fourth-order valence-electron chi connectivity index (χ4n) is 2.35. The van der Waals surface area contributed by atoms with Crippen LogP contribution < -0.4 is 0 Å². The molecule has 8 heteroatoms. The summed E-state index contributed by atoms with van der Waals surface area (Å²) in [6, 6.07) is 0. The molecule has 7 nitrogen and oxygen atoms in total. The summed E-state index contributed by atoms with van der Waals surface area (Å²) in [4.78, 5) is 14.2. The first-order chi connectivity index (χ1) is 10.3. The molecule has 0 aliphatic heterocycles. The zero-order valence-corrected chi connectivity index (χ0v) is 14.8. The highest BCUT2D eigenvalue weighted by molar-refractivity contribution is 7.89. The molecule has 1 rings (SSSR count). The van der Waals surface area contributed by atoms with Gasteiger partial charge in [-0.3, -0.25) is 9.89 Å². The molecule has 0 aromatic carbocycles. The van der Waals surface area contributed by atoms with Crippen LogP contribution in [0, 0.1) is 13.8 Å². The van der Waals surface area contributed by atoms with Crippen LogP contribution in [0.25, 0.3) is 0 Å². The van der Waals surface area contributed by atoms with Crippen LogP contribution >= 0.6 is 0 Å². The summed E-state index contributed by atoms with van der Waals surface area (Å²) in [6.07, 6.45) is 1.70. The molecule has 0 bridgehead atoms. The molecule has 126 valence electrons. The Labute approximate surface area is 132 Å². The lowest BCUT2D eigenvalue weighted by atomic mass is 10.3. The van der Waals surface area contributed by atoms with Crippen molar-refractivity contribution in [1.82, 2.24) is 19.4 Å². The van der Waals surface area contributed by atoms with Crippen LogP contribution in [0.5, 0.6) is 0 Å². The number of carbonyl (C=O) groups is 1. The molecule has 0 unspecified atom stereocenters. The van der Waals surface area contributed by atoms with E-state index in [2.05, 4.69) is 10.2 Å². The number of nitrogens with zero attached hydrogens (tertiary/aromatic N) is 3.